The van der Waals surface area contributed by atoms with E-state index < -0.39 is 0 Å². The second kappa shape index (κ2) is 8.51. The van der Waals surface area contributed by atoms with Crippen LogP contribution in [0.25, 0.3) is 0 Å². The van der Waals surface area contributed by atoms with Gasteiger partial charge in [0.25, 0.3) is 0 Å². The van der Waals surface area contributed by atoms with Gasteiger partial charge in [-0.05, 0) is 45.8 Å². The lowest BCUT2D eigenvalue weighted by Crippen LogP contribution is -2.32. The standard InChI is InChI=1S/C13H24N4O.ClH/c1-3-5-12-15-13(18-16-12)10-17(2)11-6-4-8-14-9-7-11;/h11,14H,3-10H2,1-2H3;1H. The van der Waals surface area contributed by atoms with Crippen molar-refractivity contribution in [2.24, 2.45) is 0 Å². The molecular weight excluding hydrogens is 264 g/mol. The Morgan fingerprint density at radius 2 is 2.21 bits per heavy atom. The van der Waals surface area contributed by atoms with Crippen molar-refractivity contribution in [2.75, 3.05) is 20.1 Å². The van der Waals surface area contributed by atoms with E-state index in [0.717, 1.165) is 44.2 Å². The third kappa shape index (κ3) is 5.09. The van der Waals surface area contributed by atoms with E-state index in [-0.39, 0.29) is 12.4 Å². The Bertz CT molecular complexity index is 350. The number of hydrogen-bond acceptors (Lipinski definition) is 5. The van der Waals surface area contributed by atoms with Gasteiger partial charge in [-0.15, -0.1) is 12.4 Å². The minimum absolute atomic E-state index is 0. The molecule has 6 heteroatoms. The van der Waals surface area contributed by atoms with E-state index in [1.165, 1.54) is 19.3 Å². The molecule has 2 heterocycles. The van der Waals surface area contributed by atoms with Crippen molar-refractivity contribution < 1.29 is 4.52 Å². The SMILES string of the molecule is CCCc1noc(CN(C)C2CCCNCC2)n1.Cl. The van der Waals surface area contributed by atoms with Gasteiger partial charge < -0.3 is 9.84 Å². The van der Waals surface area contributed by atoms with E-state index in [9.17, 15) is 0 Å². The highest BCUT2D eigenvalue weighted by Crippen LogP contribution is 2.14. The lowest BCUT2D eigenvalue weighted by atomic mass is 10.1. The maximum atomic E-state index is 5.29. The molecule has 1 N–H and O–H groups in total. The fourth-order valence-electron chi connectivity index (χ4n) is 2.46. The van der Waals surface area contributed by atoms with Crippen LogP contribution >= 0.6 is 12.4 Å². The predicted molar refractivity (Wildman–Crippen MR) is 77.5 cm³/mol. The number of halogens is 1. The second-order valence-electron chi connectivity index (χ2n) is 5.10. The number of nitrogens with zero attached hydrogens (tertiary/aromatic N) is 3. The third-order valence-electron chi connectivity index (χ3n) is 3.54. The molecule has 1 atom stereocenters. The van der Waals surface area contributed by atoms with Crippen LogP contribution in [0.5, 0.6) is 0 Å². The molecule has 1 saturated heterocycles. The summed E-state index contributed by atoms with van der Waals surface area (Å²) < 4.78 is 5.29. The van der Waals surface area contributed by atoms with E-state index >= 15 is 0 Å². The van der Waals surface area contributed by atoms with Gasteiger partial charge in [0.2, 0.25) is 5.89 Å². The van der Waals surface area contributed by atoms with Crippen molar-refractivity contribution in [2.45, 2.75) is 51.6 Å². The van der Waals surface area contributed by atoms with E-state index in [2.05, 4.69) is 34.3 Å². The molecule has 0 radical (unpaired) electrons. The van der Waals surface area contributed by atoms with Gasteiger partial charge >= 0.3 is 0 Å². The van der Waals surface area contributed by atoms with Gasteiger partial charge in [0.15, 0.2) is 5.82 Å². The highest BCUT2D eigenvalue weighted by Gasteiger charge is 2.18. The van der Waals surface area contributed by atoms with Crippen molar-refractivity contribution in [3.8, 4) is 0 Å². The Labute approximate surface area is 121 Å². The fourth-order valence-corrected chi connectivity index (χ4v) is 2.46. The van der Waals surface area contributed by atoms with Gasteiger partial charge in [0.1, 0.15) is 0 Å². The summed E-state index contributed by atoms with van der Waals surface area (Å²) in [5, 5.41) is 7.44. The van der Waals surface area contributed by atoms with Crippen LogP contribution in [0.4, 0.5) is 0 Å². The lowest BCUT2D eigenvalue weighted by molar-refractivity contribution is 0.190. The Morgan fingerprint density at radius 1 is 1.37 bits per heavy atom. The van der Waals surface area contributed by atoms with Gasteiger partial charge in [0, 0.05) is 12.5 Å². The highest BCUT2D eigenvalue weighted by atomic mass is 35.5. The quantitative estimate of drug-likeness (QED) is 0.898. The van der Waals surface area contributed by atoms with Crippen LogP contribution in [-0.2, 0) is 13.0 Å². The first-order valence-electron chi connectivity index (χ1n) is 7.02. The molecule has 1 aromatic rings. The molecular formula is C13H25ClN4O. The van der Waals surface area contributed by atoms with Crippen LogP contribution in [0.1, 0.15) is 44.3 Å². The van der Waals surface area contributed by atoms with Crippen molar-refractivity contribution in [1.29, 1.82) is 0 Å². The molecule has 5 nitrogen and oxygen atoms in total. The van der Waals surface area contributed by atoms with Crippen LogP contribution in [0, 0.1) is 0 Å². The molecule has 0 spiro atoms. The molecule has 0 amide bonds. The van der Waals surface area contributed by atoms with E-state index in [0.29, 0.717) is 6.04 Å². The number of hydrogen-bond donors (Lipinski definition) is 1. The minimum atomic E-state index is 0. The Balaban J connectivity index is 0.00000180. The molecule has 1 aromatic heterocycles. The summed E-state index contributed by atoms with van der Waals surface area (Å²) in [6.07, 6.45) is 5.66. The van der Waals surface area contributed by atoms with Gasteiger partial charge in [-0.25, -0.2) is 0 Å². The molecule has 1 aliphatic rings. The third-order valence-corrected chi connectivity index (χ3v) is 3.54. The van der Waals surface area contributed by atoms with Gasteiger partial charge in [-0.2, -0.15) is 4.98 Å². The van der Waals surface area contributed by atoms with Crippen LogP contribution in [0.2, 0.25) is 0 Å². The monoisotopic (exact) mass is 288 g/mol. The molecule has 2 rings (SSSR count). The summed E-state index contributed by atoms with van der Waals surface area (Å²) >= 11 is 0. The van der Waals surface area contributed by atoms with Gasteiger partial charge in [-0.1, -0.05) is 12.1 Å². The number of aryl methyl sites for hydroxylation is 1. The maximum absolute atomic E-state index is 5.29. The Kier molecular flexibility index (Phi) is 7.34. The smallest absolute Gasteiger partial charge is 0.240 e. The summed E-state index contributed by atoms with van der Waals surface area (Å²) in [7, 11) is 2.15. The summed E-state index contributed by atoms with van der Waals surface area (Å²) in [6, 6.07) is 0.626. The lowest BCUT2D eigenvalue weighted by Gasteiger charge is -2.25. The van der Waals surface area contributed by atoms with Crippen LogP contribution in [-0.4, -0.2) is 41.2 Å². The first-order chi connectivity index (χ1) is 8.79. The zero-order chi connectivity index (χ0) is 12.8. The first kappa shape index (κ1) is 16.4. The molecule has 1 fully saturated rings. The second-order valence-corrected chi connectivity index (χ2v) is 5.10. The van der Waals surface area contributed by atoms with Crippen molar-refractivity contribution in [3.63, 3.8) is 0 Å². The van der Waals surface area contributed by atoms with Crippen LogP contribution < -0.4 is 5.32 Å². The summed E-state index contributed by atoms with van der Waals surface area (Å²) in [5.74, 6) is 1.58. The maximum Gasteiger partial charge on any atom is 0.240 e. The summed E-state index contributed by atoms with van der Waals surface area (Å²) in [6.45, 7) is 5.15. The van der Waals surface area contributed by atoms with E-state index in [1.807, 2.05) is 0 Å². The Morgan fingerprint density at radius 3 is 3.00 bits per heavy atom. The molecule has 1 unspecified atom stereocenters. The van der Waals surface area contributed by atoms with Crippen LogP contribution in [0.3, 0.4) is 0 Å². The van der Waals surface area contributed by atoms with E-state index in [4.69, 9.17) is 4.52 Å². The normalized spacial score (nSPS) is 20.1. The Hall–Kier alpha value is -0.650. The zero-order valence-corrected chi connectivity index (χ0v) is 12.7. The molecule has 0 aromatic carbocycles. The fraction of sp³-hybridized carbons (Fsp3) is 0.846. The topological polar surface area (TPSA) is 54.2 Å². The molecule has 19 heavy (non-hydrogen) atoms. The molecule has 1 aliphatic heterocycles. The molecule has 0 bridgehead atoms. The van der Waals surface area contributed by atoms with Crippen molar-refractivity contribution in [1.82, 2.24) is 20.4 Å². The van der Waals surface area contributed by atoms with E-state index in [1.54, 1.807) is 0 Å². The number of aromatic nitrogens is 2. The summed E-state index contributed by atoms with van der Waals surface area (Å²) in [4.78, 5) is 6.77. The molecule has 110 valence electrons. The predicted octanol–water partition coefficient (Wildman–Crippen LogP) is 2.02. The largest absolute Gasteiger partial charge is 0.338 e. The van der Waals surface area contributed by atoms with Gasteiger partial charge in [0.05, 0.1) is 6.54 Å². The average Bonchev–Trinajstić information content (AvgIpc) is 2.65. The molecule has 0 aliphatic carbocycles. The average molecular weight is 289 g/mol. The van der Waals surface area contributed by atoms with Crippen molar-refractivity contribution in [3.05, 3.63) is 11.7 Å². The van der Waals surface area contributed by atoms with Crippen molar-refractivity contribution >= 4 is 12.4 Å². The van der Waals surface area contributed by atoms with Gasteiger partial charge in [-0.3, -0.25) is 4.90 Å². The molecule has 0 saturated carbocycles. The highest BCUT2D eigenvalue weighted by molar-refractivity contribution is 5.85. The number of rotatable bonds is 5. The van der Waals surface area contributed by atoms with Crippen LogP contribution in [0.15, 0.2) is 4.52 Å². The number of nitrogens with one attached hydrogen (secondary N) is 1. The zero-order valence-electron chi connectivity index (χ0n) is 11.9. The minimum Gasteiger partial charge on any atom is -0.338 e. The first-order valence-corrected chi connectivity index (χ1v) is 7.02. The summed E-state index contributed by atoms with van der Waals surface area (Å²) in [5.41, 5.74) is 0.